The van der Waals surface area contributed by atoms with Crippen LogP contribution in [0.5, 0.6) is 5.75 Å². The van der Waals surface area contributed by atoms with Crippen molar-refractivity contribution in [3.05, 3.63) is 65.2 Å². The Bertz CT molecular complexity index is 974. The Labute approximate surface area is 158 Å². The molecule has 4 N–H and O–H groups in total. The van der Waals surface area contributed by atoms with Crippen LogP contribution >= 0.6 is 0 Å². The van der Waals surface area contributed by atoms with Gasteiger partial charge in [-0.1, -0.05) is 26.0 Å². The maximum absolute atomic E-state index is 11.8. The zero-order chi connectivity index (χ0) is 19.6. The van der Waals surface area contributed by atoms with Gasteiger partial charge >= 0.3 is 0 Å². The van der Waals surface area contributed by atoms with E-state index >= 15 is 0 Å². The van der Waals surface area contributed by atoms with Gasteiger partial charge in [0.25, 0.3) is 12.2 Å². The van der Waals surface area contributed by atoms with Gasteiger partial charge in [-0.2, -0.15) is 4.58 Å². The number of nitrogen functional groups attached to an aromatic ring is 1. The van der Waals surface area contributed by atoms with Crippen molar-refractivity contribution in [1.82, 2.24) is 5.43 Å². The van der Waals surface area contributed by atoms with Crippen molar-refractivity contribution in [3.63, 3.8) is 0 Å². The van der Waals surface area contributed by atoms with Gasteiger partial charge in [0.2, 0.25) is 5.69 Å². The van der Waals surface area contributed by atoms with Crippen LogP contribution in [0.4, 0.5) is 11.4 Å². The molecule has 2 aromatic rings. The molecule has 138 valence electrons. The van der Waals surface area contributed by atoms with E-state index in [1.165, 1.54) is 0 Å². The van der Waals surface area contributed by atoms with E-state index in [9.17, 15) is 9.90 Å². The summed E-state index contributed by atoms with van der Waals surface area (Å²) in [6.45, 7) is 7.99. The lowest BCUT2D eigenvalue weighted by atomic mass is 9.95. The van der Waals surface area contributed by atoms with Crippen molar-refractivity contribution in [3.8, 4) is 5.75 Å². The van der Waals surface area contributed by atoms with Gasteiger partial charge in [0.1, 0.15) is 12.0 Å². The SMILES string of the molecule is C=CCc1cc(C(C)C)cc(C=[N+]2C=Nc3ccc(C(=O)NN)cc32)c1O. The van der Waals surface area contributed by atoms with Crippen molar-refractivity contribution >= 4 is 29.8 Å². The predicted molar refractivity (Wildman–Crippen MR) is 107 cm³/mol. The molecular formula is C21H23N4O2+. The largest absolute Gasteiger partial charge is 0.507 e. The van der Waals surface area contributed by atoms with Crippen LogP contribution < -0.4 is 11.3 Å². The number of carbonyl (C=O) groups excluding carboxylic acids is 1. The average Bonchev–Trinajstić information content (AvgIpc) is 3.06. The molecule has 0 bridgehead atoms. The molecule has 1 heterocycles. The van der Waals surface area contributed by atoms with Gasteiger partial charge in [-0.3, -0.25) is 10.2 Å². The van der Waals surface area contributed by atoms with Gasteiger partial charge in [0, 0.05) is 11.6 Å². The van der Waals surface area contributed by atoms with E-state index < -0.39 is 0 Å². The minimum Gasteiger partial charge on any atom is -0.507 e. The number of nitrogens with two attached hydrogens (primary N) is 1. The number of fused-ring (bicyclic) bond motifs is 1. The number of phenolic OH excluding ortho intramolecular Hbond substituents is 1. The Morgan fingerprint density at radius 2 is 2.15 bits per heavy atom. The number of benzene rings is 2. The van der Waals surface area contributed by atoms with E-state index in [1.54, 1.807) is 35.2 Å². The molecule has 0 fully saturated rings. The lowest BCUT2D eigenvalue weighted by molar-refractivity contribution is -0.282. The zero-order valence-electron chi connectivity index (χ0n) is 15.4. The second-order valence-electron chi connectivity index (χ2n) is 6.72. The Kier molecular flexibility index (Phi) is 5.19. The molecule has 1 aliphatic rings. The summed E-state index contributed by atoms with van der Waals surface area (Å²) in [5.74, 6) is 5.39. The summed E-state index contributed by atoms with van der Waals surface area (Å²) in [5, 5.41) is 10.7. The van der Waals surface area contributed by atoms with Crippen molar-refractivity contribution in [2.24, 2.45) is 10.8 Å². The Hall–Kier alpha value is -3.25. The van der Waals surface area contributed by atoms with Crippen molar-refractivity contribution in [2.45, 2.75) is 26.2 Å². The molecule has 0 spiro atoms. The molecule has 1 aliphatic heterocycles. The van der Waals surface area contributed by atoms with Gasteiger partial charge in [-0.15, -0.1) is 6.58 Å². The number of allylic oxidation sites excluding steroid dienone is 1. The number of nitrogens with one attached hydrogen (secondary N) is 1. The van der Waals surface area contributed by atoms with E-state index in [4.69, 9.17) is 5.84 Å². The minimum atomic E-state index is -0.373. The number of hydrogen-bond acceptors (Lipinski definition) is 4. The molecule has 27 heavy (non-hydrogen) atoms. The van der Waals surface area contributed by atoms with Crippen LogP contribution in [0.15, 0.2) is 48.0 Å². The fourth-order valence-electron chi connectivity index (χ4n) is 2.99. The van der Waals surface area contributed by atoms with Gasteiger partial charge < -0.3 is 5.11 Å². The maximum Gasteiger partial charge on any atom is 0.292 e. The summed E-state index contributed by atoms with van der Waals surface area (Å²) in [4.78, 5) is 16.2. The molecule has 1 amide bonds. The predicted octanol–water partition coefficient (Wildman–Crippen LogP) is 3.28. The summed E-state index contributed by atoms with van der Waals surface area (Å²) >= 11 is 0. The second-order valence-corrected chi connectivity index (χ2v) is 6.72. The molecule has 0 saturated heterocycles. The Morgan fingerprint density at radius 1 is 1.37 bits per heavy atom. The Balaban J connectivity index is 2.10. The topological polar surface area (TPSA) is 90.7 Å². The van der Waals surface area contributed by atoms with Crippen molar-refractivity contribution in [1.29, 1.82) is 0 Å². The lowest BCUT2D eigenvalue weighted by Crippen LogP contribution is -2.29. The molecule has 0 saturated carbocycles. The molecule has 0 aliphatic carbocycles. The number of hydrazine groups is 1. The third-order valence-corrected chi connectivity index (χ3v) is 4.52. The smallest absolute Gasteiger partial charge is 0.292 e. The van der Waals surface area contributed by atoms with Crippen LogP contribution in [0.25, 0.3) is 0 Å². The number of carbonyl (C=O) groups is 1. The van der Waals surface area contributed by atoms with E-state index in [1.807, 2.05) is 18.3 Å². The quantitative estimate of drug-likeness (QED) is 0.250. The minimum absolute atomic E-state index is 0.219. The number of phenols is 1. The molecule has 0 unspecified atom stereocenters. The van der Waals surface area contributed by atoms with E-state index in [0.29, 0.717) is 23.5 Å². The first kappa shape index (κ1) is 18.5. The van der Waals surface area contributed by atoms with Gasteiger partial charge in [-0.05, 0) is 46.7 Å². The second kappa shape index (κ2) is 7.55. The van der Waals surface area contributed by atoms with Crippen molar-refractivity contribution < 1.29 is 14.5 Å². The van der Waals surface area contributed by atoms with Crippen LogP contribution in [0, 0.1) is 0 Å². The highest BCUT2D eigenvalue weighted by atomic mass is 16.3. The average molecular weight is 363 g/mol. The lowest BCUT2D eigenvalue weighted by Gasteiger charge is -2.12. The summed E-state index contributed by atoms with van der Waals surface area (Å²) in [6.07, 6.45) is 5.82. The molecular weight excluding hydrogens is 340 g/mol. The van der Waals surface area contributed by atoms with Crippen LogP contribution in [0.1, 0.15) is 46.8 Å². The van der Waals surface area contributed by atoms with Crippen molar-refractivity contribution in [2.75, 3.05) is 0 Å². The number of aliphatic imine (C=N–C) groups is 1. The number of amides is 1. The van der Waals surface area contributed by atoms with E-state index in [-0.39, 0.29) is 11.7 Å². The van der Waals surface area contributed by atoms with Crippen LogP contribution in [0.3, 0.4) is 0 Å². The number of hydrogen-bond donors (Lipinski definition) is 3. The van der Waals surface area contributed by atoms with Gasteiger partial charge in [0.15, 0.2) is 5.69 Å². The highest BCUT2D eigenvalue weighted by Crippen LogP contribution is 2.33. The zero-order valence-corrected chi connectivity index (χ0v) is 15.4. The normalized spacial score (nSPS) is 13.9. The molecule has 6 heteroatoms. The van der Waals surface area contributed by atoms with E-state index in [2.05, 4.69) is 30.8 Å². The first-order valence-corrected chi connectivity index (χ1v) is 8.73. The fourth-order valence-corrected chi connectivity index (χ4v) is 2.99. The van der Waals surface area contributed by atoms with Gasteiger partial charge in [-0.25, -0.2) is 5.84 Å². The number of aromatic hydroxyl groups is 1. The van der Waals surface area contributed by atoms with Crippen LogP contribution in [-0.4, -0.2) is 28.1 Å². The standard InChI is InChI=1S/C21H22N4O2/c1-4-5-14-8-16(13(2)3)9-17(20(14)26)11-25-12-23-18-7-6-15(10-19(18)25)21(27)24-22/h4,6-13H,1,5,22H2,2-3H3,(H,24,27)/p+1. The molecule has 0 aromatic heterocycles. The summed E-state index contributed by atoms with van der Waals surface area (Å²) < 4.78 is 1.79. The fraction of sp³-hybridized carbons (Fsp3) is 0.190. The highest BCUT2D eigenvalue weighted by molar-refractivity contribution is 5.96. The van der Waals surface area contributed by atoms with Crippen LogP contribution in [0.2, 0.25) is 0 Å². The monoisotopic (exact) mass is 363 g/mol. The molecule has 0 radical (unpaired) electrons. The Morgan fingerprint density at radius 3 is 2.81 bits per heavy atom. The third kappa shape index (κ3) is 3.66. The first-order chi connectivity index (χ1) is 12.9. The number of rotatable bonds is 5. The summed E-state index contributed by atoms with van der Waals surface area (Å²) in [7, 11) is 0. The van der Waals surface area contributed by atoms with Gasteiger partial charge in [0.05, 0.1) is 5.56 Å². The van der Waals surface area contributed by atoms with Crippen LogP contribution in [-0.2, 0) is 6.42 Å². The number of nitrogens with zero attached hydrogens (tertiary/aromatic N) is 2. The third-order valence-electron chi connectivity index (χ3n) is 4.52. The first-order valence-electron chi connectivity index (χ1n) is 8.73. The molecule has 3 rings (SSSR count). The molecule has 2 aromatic carbocycles. The highest BCUT2D eigenvalue weighted by Gasteiger charge is 2.23. The maximum atomic E-state index is 11.8. The summed E-state index contributed by atoms with van der Waals surface area (Å²) in [5.41, 5.74) is 6.70. The summed E-state index contributed by atoms with van der Waals surface area (Å²) in [6, 6.07) is 9.12. The molecule has 0 atom stereocenters. The molecule has 6 nitrogen and oxygen atoms in total. The van der Waals surface area contributed by atoms with E-state index in [0.717, 1.165) is 22.5 Å².